The highest BCUT2D eigenvalue weighted by atomic mass is 32.2. The van der Waals surface area contributed by atoms with Crippen molar-refractivity contribution in [3.8, 4) is 6.07 Å². The van der Waals surface area contributed by atoms with Gasteiger partial charge in [0.25, 0.3) is 0 Å². The molecule has 5 heteroatoms. The molecule has 14 heavy (non-hydrogen) atoms. The van der Waals surface area contributed by atoms with E-state index in [0.29, 0.717) is 17.5 Å². The van der Waals surface area contributed by atoms with Crippen LogP contribution in [0, 0.1) is 11.3 Å². The topological polar surface area (TPSA) is 41.6 Å². The number of para-hydroxylation sites is 1. The minimum absolute atomic E-state index is 0.103. The molecule has 1 aromatic carbocycles. The fraction of sp³-hybridized carbons (Fsp3) is 0.111. The van der Waals surface area contributed by atoms with Crippen LogP contribution in [0.1, 0.15) is 5.56 Å². The lowest BCUT2D eigenvalue weighted by atomic mass is 10.1. The molecule has 0 aliphatic carbocycles. The Hall–Kier alpha value is -1.54. The Kier molecular flexibility index (Phi) is 2.37. The van der Waals surface area contributed by atoms with E-state index in [4.69, 9.17) is 5.26 Å². The van der Waals surface area contributed by atoms with Gasteiger partial charge in [0.15, 0.2) is 12.3 Å². The summed E-state index contributed by atoms with van der Waals surface area (Å²) >= 11 is 0.103. The Morgan fingerprint density at radius 3 is 3.14 bits per heavy atom. The molecule has 0 aliphatic heterocycles. The minimum atomic E-state index is 0.103. The van der Waals surface area contributed by atoms with Crippen molar-refractivity contribution in [2.75, 3.05) is 0 Å². The van der Waals surface area contributed by atoms with Gasteiger partial charge in [-0.3, -0.25) is 0 Å². The van der Waals surface area contributed by atoms with Crippen molar-refractivity contribution in [1.82, 2.24) is 8.96 Å². The van der Waals surface area contributed by atoms with Crippen molar-refractivity contribution in [3.05, 3.63) is 30.1 Å². The first kappa shape index (κ1) is 9.03. The van der Waals surface area contributed by atoms with Crippen LogP contribution in [-0.2, 0) is 6.42 Å². The molecule has 70 valence electrons. The molecule has 3 nitrogen and oxygen atoms in total. The van der Waals surface area contributed by atoms with E-state index in [2.05, 4.69) is 11.1 Å². The van der Waals surface area contributed by atoms with E-state index in [1.165, 1.54) is 10.3 Å². The van der Waals surface area contributed by atoms with E-state index < -0.39 is 0 Å². The summed E-state index contributed by atoms with van der Waals surface area (Å²) < 4.78 is 13.7. The van der Waals surface area contributed by atoms with Crippen molar-refractivity contribution in [3.63, 3.8) is 0 Å². The highest BCUT2D eigenvalue weighted by Crippen LogP contribution is 2.21. The monoisotopic (exact) mass is 207 g/mol. The van der Waals surface area contributed by atoms with E-state index in [1.54, 1.807) is 12.1 Å². The van der Waals surface area contributed by atoms with Crippen LogP contribution in [0.5, 0.6) is 0 Å². The summed E-state index contributed by atoms with van der Waals surface area (Å²) in [7, 11) is 0. The van der Waals surface area contributed by atoms with Gasteiger partial charge in [-0.05, 0) is 11.6 Å². The normalized spacial score (nSPS) is 10.3. The molecule has 2 aromatic rings. The average Bonchev–Trinajstić information content (AvgIpc) is 2.62. The first-order valence-electron chi connectivity index (χ1n) is 3.98. The van der Waals surface area contributed by atoms with Gasteiger partial charge < -0.3 is 0 Å². The molecule has 0 saturated carbocycles. The third-order valence-electron chi connectivity index (χ3n) is 1.97. The zero-order valence-electron chi connectivity index (χ0n) is 7.14. The lowest BCUT2D eigenvalue weighted by Crippen LogP contribution is -1.84. The fourth-order valence-corrected chi connectivity index (χ4v) is 1.66. The SMILES string of the molecule is N#CCc1cccc2c1ncn2SF. The Bertz CT molecular complexity index is 500. The molecule has 0 N–H and O–H groups in total. The van der Waals surface area contributed by atoms with Crippen LogP contribution in [0.15, 0.2) is 24.5 Å². The molecule has 0 atom stereocenters. The lowest BCUT2D eigenvalue weighted by molar-refractivity contribution is 0.919. The van der Waals surface area contributed by atoms with Crippen molar-refractivity contribution in [1.29, 1.82) is 5.26 Å². The van der Waals surface area contributed by atoms with E-state index in [-0.39, 0.29) is 12.3 Å². The third-order valence-corrected chi connectivity index (χ3v) is 2.41. The summed E-state index contributed by atoms with van der Waals surface area (Å²) in [5.74, 6) is 0. The van der Waals surface area contributed by atoms with Crippen LogP contribution < -0.4 is 0 Å². The van der Waals surface area contributed by atoms with Crippen LogP contribution in [0.3, 0.4) is 0 Å². The zero-order valence-corrected chi connectivity index (χ0v) is 7.96. The quantitative estimate of drug-likeness (QED) is 0.759. The van der Waals surface area contributed by atoms with Crippen molar-refractivity contribution < 1.29 is 3.89 Å². The second kappa shape index (κ2) is 3.68. The first-order valence-corrected chi connectivity index (χ1v) is 4.65. The van der Waals surface area contributed by atoms with Gasteiger partial charge in [0.2, 0.25) is 0 Å². The number of hydrogen-bond acceptors (Lipinski definition) is 3. The number of nitrogens with zero attached hydrogens (tertiary/aromatic N) is 3. The molecule has 1 heterocycles. The van der Waals surface area contributed by atoms with Gasteiger partial charge in [0, 0.05) is 0 Å². The molecule has 0 amide bonds. The Labute approximate surface area is 84.6 Å². The van der Waals surface area contributed by atoms with Crippen LogP contribution in [-0.4, -0.2) is 8.96 Å². The number of nitriles is 1. The molecule has 0 unspecified atom stereocenters. The van der Waals surface area contributed by atoms with Crippen LogP contribution in [0.4, 0.5) is 3.89 Å². The summed E-state index contributed by atoms with van der Waals surface area (Å²) in [6.07, 6.45) is 1.71. The molecule has 0 fully saturated rings. The van der Waals surface area contributed by atoms with Gasteiger partial charge in [-0.25, -0.2) is 8.96 Å². The molecule has 0 radical (unpaired) electrons. The molecule has 0 aliphatic rings. The second-order valence-electron chi connectivity index (χ2n) is 2.76. The second-order valence-corrected chi connectivity index (χ2v) is 3.29. The van der Waals surface area contributed by atoms with Gasteiger partial charge in [0.1, 0.15) is 6.33 Å². The van der Waals surface area contributed by atoms with Crippen molar-refractivity contribution in [2.45, 2.75) is 6.42 Å². The van der Waals surface area contributed by atoms with Crippen LogP contribution >= 0.6 is 12.3 Å². The van der Waals surface area contributed by atoms with E-state index >= 15 is 0 Å². The molecule has 0 bridgehead atoms. The number of rotatable bonds is 2. The summed E-state index contributed by atoms with van der Waals surface area (Å²) in [5, 5.41) is 8.58. The molecule has 0 saturated heterocycles. The number of imidazole rings is 1. The maximum atomic E-state index is 12.4. The molecule has 2 rings (SSSR count). The highest BCUT2D eigenvalue weighted by molar-refractivity contribution is 7.92. The predicted octanol–water partition coefficient (Wildman–Crippen LogP) is 2.48. The van der Waals surface area contributed by atoms with Gasteiger partial charge >= 0.3 is 0 Å². The third kappa shape index (κ3) is 1.34. The van der Waals surface area contributed by atoms with Crippen molar-refractivity contribution in [2.24, 2.45) is 0 Å². The van der Waals surface area contributed by atoms with Crippen LogP contribution in [0.25, 0.3) is 11.0 Å². The van der Waals surface area contributed by atoms with E-state index in [0.717, 1.165) is 5.56 Å². The lowest BCUT2D eigenvalue weighted by Gasteiger charge is -1.97. The maximum absolute atomic E-state index is 12.4. The fourth-order valence-electron chi connectivity index (χ4n) is 1.36. The first-order chi connectivity index (χ1) is 6.86. The van der Waals surface area contributed by atoms with Gasteiger partial charge in [-0.2, -0.15) is 5.26 Å². The number of aromatic nitrogens is 2. The summed E-state index contributed by atoms with van der Waals surface area (Å²) in [6, 6.07) is 7.45. The predicted molar refractivity (Wildman–Crippen MR) is 53.1 cm³/mol. The molecule has 1 aromatic heterocycles. The minimum Gasteiger partial charge on any atom is -0.245 e. The molecular formula is C9H6FN3S. The number of benzene rings is 1. The smallest absolute Gasteiger partial charge is 0.171 e. The van der Waals surface area contributed by atoms with Gasteiger partial charge in [-0.1, -0.05) is 12.1 Å². The largest absolute Gasteiger partial charge is 0.245 e. The zero-order chi connectivity index (χ0) is 9.97. The Balaban J connectivity index is 2.65. The van der Waals surface area contributed by atoms with E-state index in [9.17, 15) is 3.89 Å². The average molecular weight is 207 g/mol. The number of fused-ring (bicyclic) bond motifs is 1. The summed E-state index contributed by atoms with van der Waals surface area (Å²) in [5.41, 5.74) is 2.22. The van der Waals surface area contributed by atoms with Crippen LogP contribution in [0.2, 0.25) is 0 Å². The Morgan fingerprint density at radius 1 is 1.57 bits per heavy atom. The van der Waals surface area contributed by atoms with Gasteiger partial charge in [-0.15, -0.1) is 3.89 Å². The standard InChI is InChI=1S/C9H6FN3S/c10-14-13-6-12-9-7(4-5-11)2-1-3-8(9)13/h1-3,6H,4H2. The number of halogens is 1. The maximum Gasteiger partial charge on any atom is 0.171 e. The summed E-state index contributed by atoms with van der Waals surface area (Å²) in [6.45, 7) is 0. The number of hydrogen-bond donors (Lipinski definition) is 0. The van der Waals surface area contributed by atoms with Crippen molar-refractivity contribution >= 4 is 23.4 Å². The summed E-state index contributed by atoms with van der Waals surface area (Å²) in [4.78, 5) is 4.06. The Morgan fingerprint density at radius 2 is 2.43 bits per heavy atom. The highest BCUT2D eigenvalue weighted by Gasteiger charge is 2.06. The molecular weight excluding hydrogens is 201 g/mol. The van der Waals surface area contributed by atoms with E-state index in [1.807, 2.05) is 6.07 Å². The molecule has 0 spiro atoms. The van der Waals surface area contributed by atoms with Gasteiger partial charge in [0.05, 0.1) is 23.5 Å².